The van der Waals surface area contributed by atoms with Gasteiger partial charge in [0.2, 0.25) is 5.95 Å². The highest BCUT2D eigenvalue weighted by atomic mass is 35.5. The lowest BCUT2D eigenvalue weighted by Crippen LogP contribution is -2.19. The summed E-state index contributed by atoms with van der Waals surface area (Å²) in [6, 6.07) is 18.0. The summed E-state index contributed by atoms with van der Waals surface area (Å²) >= 11 is 6.11. The summed E-state index contributed by atoms with van der Waals surface area (Å²) < 4.78 is 0. The third-order valence-electron chi connectivity index (χ3n) is 3.91. The zero-order valence-electron chi connectivity index (χ0n) is 14.6. The van der Waals surface area contributed by atoms with Crippen LogP contribution in [0.5, 0.6) is 0 Å². The van der Waals surface area contributed by atoms with Crippen molar-refractivity contribution in [3.8, 4) is 0 Å². The van der Waals surface area contributed by atoms with E-state index in [-0.39, 0.29) is 0 Å². The van der Waals surface area contributed by atoms with Gasteiger partial charge >= 0.3 is 0 Å². The number of nitrogens with zero attached hydrogens (tertiary/aromatic N) is 3. The van der Waals surface area contributed by atoms with Gasteiger partial charge in [-0.25, -0.2) is 4.98 Å². The van der Waals surface area contributed by atoms with E-state index in [1.165, 1.54) is 5.56 Å². The highest BCUT2D eigenvalue weighted by molar-refractivity contribution is 6.30. The molecule has 0 radical (unpaired) electrons. The first-order valence-electron chi connectivity index (χ1n) is 8.15. The van der Waals surface area contributed by atoms with Gasteiger partial charge in [0.1, 0.15) is 5.82 Å². The number of nitrogens with one attached hydrogen (secondary N) is 1. The molecule has 0 spiro atoms. The molecule has 1 aromatic heterocycles. The zero-order valence-corrected chi connectivity index (χ0v) is 15.4. The second-order valence-electron chi connectivity index (χ2n) is 6.12. The molecule has 0 saturated heterocycles. The Kier molecular flexibility index (Phi) is 5.19. The fourth-order valence-corrected chi connectivity index (χ4v) is 2.75. The second kappa shape index (κ2) is 7.53. The van der Waals surface area contributed by atoms with Crippen LogP contribution in [0.1, 0.15) is 16.8 Å². The molecule has 0 fully saturated rings. The van der Waals surface area contributed by atoms with Crippen molar-refractivity contribution in [3.05, 3.63) is 76.4 Å². The molecule has 5 heteroatoms. The minimum Gasteiger partial charge on any atom is -0.340 e. The number of anilines is 3. The molecule has 1 heterocycles. The number of aryl methyl sites for hydroxylation is 2. The van der Waals surface area contributed by atoms with Gasteiger partial charge in [0.05, 0.1) is 0 Å². The third kappa shape index (κ3) is 4.48. The van der Waals surface area contributed by atoms with E-state index < -0.39 is 0 Å². The van der Waals surface area contributed by atoms with Crippen LogP contribution < -0.4 is 10.2 Å². The molecule has 3 aromatic rings. The van der Waals surface area contributed by atoms with Crippen LogP contribution in [0.2, 0.25) is 5.02 Å². The molecule has 2 aromatic carbocycles. The van der Waals surface area contributed by atoms with Crippen LogP contribution >= 0.6 is 11.6 Å². The summed E-state index contributed by atoms with van der Waals surface area (Å²) in [5, 5.41) is 4.05. The Hall–Kier alpha value is -2.59. The van der Waals surface area contributed by atoms with Crippen molar-refractivity contribution in [2.45, 2.75) is 20.4 Å². The molecule has 0 bridgehead atoms. The molecule has 0 atom stereocenters. The Labute approximate surface area is 153 Å². The van der Waals surface area contributed by atoms with E-state index in [1.807, 2.05) is 68.3 Å². The van der Waals surface area contributed by atoms with E-state index in [4.69, 9.17) is 11.6 Å². The molecular formula is C20H21ClN4. The standard InChI is InChI=1S/C20H21ClN4/c1-14-9-10-17(21)12-18(14)23-19-11-15(2)22-20(24-19)25(3)13-16-7-5-4-6-8-16/h4-12H,13H2,1-3H3,(H,22,23,24). The minimum atomic E-state index is 0.686. The minimum absolute atomic E-state index is 0.686. The fourth-order valence-electron chi connectivity index (χ4n) is 2.58. The maximum Gasteiger partial charge on any atom is 0.227 e. The van der Waals surface area contributed by atoms with Crippen molar-refractivity contribution < 1.29 is 0 Å². The Morgan fingerprint density at radius 2 is 1.76 bits per heavy atom. The van der Waals surface area contributed by atoms with Crippen molar-refractivity contribution in [1.82, 2.24) is 9.97 Å². The molecule has 0 aliphatic carbocycles. The summed E-state index contributed by atoms with van der Waals surface area (Å²) in [5.41, 5.74) is 4.18. The van der Waals surface area contributed by atoms with Gasteiger partial charge in [-0.05, 0) is 37.1 Å². The summed E-state index contributed by atoms with van der Waals surface area (Å²) in [6.45, 7) is 4.76. The number of benzene rings is 2. The van der Waals surface area contributed by atoms with Crippen LogP contribution in [0.25, 0.3) is 0 Å². The molecule has 0 aliphatic rings. The lowest BCUT2D eigenvalue weighted by atomic mass is 10.2. The van der Waals surface area contributed by atoms with Gasteiger partial charge in [-0.3, -0.25) is 0 Å². The van der Waals surface area contributed by atoms with E-state index in [0.717, 1.165) is 29.3 Å². The predicted molar refractivity (Wildman–Crippen MR) is 105 cm³/mol. The number of hydrogen-bond donors (Lipinski definition) is 1. The first-order valence-corrected chi connectivity index (χ1v) is 8.53. The van der Waals surface area contributed by atoms with Crippen molar-refractivity contribution >= 4 is 29.1 Å². The molecular weight excluding hydrogens is 332 g/mol. The Balaban J connectivity index is 1.84. The van der Waals surface area contributed by atoms with Gasteiger partial charge in [0.15, 0.2) is 0 Å². The quantitative estimate of drug-likeness (QED) is 0.691. The maximum atomic E-state index is 6.11. The number of aromatic nitrogens is 2. The number of hydrogen-bond acceptors (Lipinski definition) is 4. The molecule has 0 unspecified atom stereocenters. The van der Waals surface area contributed by atoms with Gasteiger partial charge in [-0.15, -0.1) is 0 Å². The normalized spacial score (nSPS) is 10.6. The van der Waals surface area contributed by atoms with Crippen LogP contribution in [0.15, 0.2) is 54.6 Å². The largest absolute Gasteiger partial charge is 0.340 e. The molecule has 3 rings (SSSR count). The Bertz CT molecular complexity index is 865. The van der Waals surface area contributed by atoms with Gasteiger partial charge < -0.3 is 10.2 Å². The average molecular weight is 353 g/mol. The lowest BCUT2D eigenvalue weighted by Gasteiger charge is -2.19. The van der Waals surface area contributed by atoms with Crippen molar-refractivity contribution in [3.63, 3.8) is 0 Å². The second-order valence-corrected chi connectivity index (χ2v) is 6.56. The smallest absolute Gasteiger partial charge is 0.227 e. The highest BCUT2D eigenvalue weighted by Crippen LogP contribution is 2.24. The Morgan fingerprint density at radius 3 is 2.52 bits per heavy atom. The van der Waals surface area contributed by atoms with Gasteiger partial charge in [0.25, 0.3) is 0 Å². The van der Waals surface area contributed by atoms with E-state index in [0.29, 0.717) is 11.0 Å². The summed E-state index contributed by atoms with van der Waals surface area (Å²) in [6.07, 6.45) is 0. The van der Waals surface area contributed by atoms with E-state index in [9.17, 15) is 0 Å². The fraction of sp³-hybridized carbons (Fsp3) is 0.200. The third-order valence-corrected chi connectivity index (χ3v) is 4.14. The topological polar surface area (TPSA) is 41.1 Å². The van der Waals surface area contributed by atoms with Crippen LogP contribution in [0.4, 0.5) is 17.5 Å². The molecule has 25 heavy (non-hydrogen) atoms. The predicted octanol–water partition coefficient (Wildman–Crippen LogP) is 5.13. The molecule has 4 nitrogen and oxygen atoms in total. The zero-order chi connectivity index (χ0) is 17.8. The Morgan fingerprint density at radius 1 is 1.00 bits per heavy atom. The molecule has 128 valence electrons. The molecule has 0 aliphatic heterocycles. The average Bonchev–Trinajstić information content (AvgIpc) is 2.58. The maximum absolute atomic E-state index is 6.11. The van der Waals surface area contributed by atoms with E-state index in [2.05, 4.69) is 27.4 Å². The molecule has 1 N–H and O–H groups in total. The number of halogens is 1. The van der Waals surface area contributed by atoms with Crippen LogP contribution in [0, 0.1) is 13.8 Å². The van der Waals surface area contributed by atoms with E-state index in [1.54, 1.807) is 0 Å². The van der Waals surface area contributed by atoms with Crippen LogP contribution in [0.3, 0.4) is 0 Å². The van der Waals surface area contributed by atoms with Gasteiger partial charge in [-0.1, -0.05) is 48.0 Å². The first-order chi connectivity index (χ1) is 12.0. The van der Waals surface area contributed by atoms with Gasteiger partial charge in [-0.2, -0.15) is 4.98 Å². The summed E-state index contributed by atoms with van der Waals surface area (Å²) in [5.74, 6) is 1.44. The lowest BCUT2D eigenvalue weighted by molar-refractivity contribution is 0.861. The summed E-state index contributed by atoms with van der Waals surface area (Å²) in [4.78, 5) is 11.3. The molecule has 0 saturated carbocycles. The first kappa shape index (κ1) is 17.2. The van der Waals surface area contributed by atoms with Gasteiger partial charge in [0, 0.05) is 36.1 Å². The monoisotopic (exact) mass is 352 g/mol. The summed E-state index contributed by atoms with van der Waals surface area (Å²) in [7, 11) is 2.00. The van der Waals surface area contributed by atoms with Crippen LogP contribution in [-0.4, -0.2) is 17.0 Å². The van der Waals surface area contributed by atoms with Crippen molar-refractivity contribution in [1.29, 1.82) is 0 Å². The SMILES string of the molecule is Cc1cc(Nc2cc(Cl)ccc2C)nc(N(C)Cc2ccccc2)n1. The van der Waals surface area contributed by atoms with Crippen LogP contribution in [-0.2, 0) is 6.54 Å². The number of rotatable bonds is 5. The van der Waals surface area contributed by atoms with E-state index >= 15 is 0 Å². The molecule has 0 amide bonds. The highest BCUT2D eigenvalue weighted by Gasteiger charge is 2.09. The van der Waals surface area contributed by atoms with Crippen molar-refractivity contribution in [2.24, 2.45) is 0 Å². The van der Waals surface area contributed by atoms with Crippen molar-refractivity contribution in [2.75, 3.05) is 17.3 Å².